The van der Waals surface area contributed by atoms with Gasteiger partial charge in [0.1, 0.15) is 18.2 Å². The summed E-state index contributed by atoms with van der Waals surface area (Å²) < 4.78 is 24.0. The lowest BCUT2D eigenvalue weighted by Gasteiger charge is -2.29. The fourth-order valence-electron chi connectivity index (χ4n) is 4.86. The van der Waals surface area contributed by atoms with E-state index in [4.69, 9.17) is 9.47 Å². The van der Waals surface area contributed by atoms with Crippen molar-refractivity contribution >= 4 is 17.2 Å². The van der Waals surface area contributed by atoms with Gasteiger partial charge < -0.3 is 14.4 Å². The number of hydrogen-bond acceptors (Lipinski definition) is 5. The summed E-state index contributed by atoms with van der Waals surface area (Å²) in [5.41, 5.74) is 2.15. The molecule has 1 saturated heterocycles. The Balaban J connectivity index is 1.56. The van der Waals surface area contributed by atoms with Gasteiger partial charge in [-0.1, -0.05) is 24.3 Å². The first-order valence-electron chi connectivity index (χ1n) is 11.9. The fourth-order valence-corrected chi connectivity index (χ4v) is 5.79. The van der Waals surface area contributed by atoms with Crippen molar-refractivity contribution in [1.82, 2.24) is 9.80 Å². The molecule has 3 aromatic rings. The number of thiophene rings is 1. The van der Waals surface area contributed by atoms with Gasteiger partial charge in [-0.3, -0.25) is 9.69 Å². The third kappa shape index (κ3) is 6.69. The summed E-state index contributed by atoms with van der Waals surface area (Å²) in [7, 11) is 3.21. The summed E-state index contributed by atoms with van der Waals surface area (Å²) in [5, 5.41) is 0. The number of methoxy groups -OCH3 is 2. The van der Waals surface area contributed by atoms with Gasteiger partial charge in [0.25, 0.3) is 0 Å². The van der Waals surface area contributed by atoms with Crippen molar-refractivity contribution in [3.63, 3.8) is 0 Å². The van der Waals surface area contributed by atoms with Crippen LogP contribution in [0.2, 0.25) is 0 Å². The van der Waals surface area contributed by atoms with Crippen molar-refractivity contribution in [2.75, 3.05) is 40.5 Å². The highest BCUT2D eigenvalue weighted by molar-refractivity contribution is 7.11. The Hall–Kier alpha value is -2.74. The minimum absolute atomic E-state index is 0.0271. The fraction of sp³-hybridized carbons (Fsp3) is 0.393. The summed E-state index contributed by atoms with van der Waals surface area (Å²) >= 11 is 1.84. The molecule has 1 amide bonds. The third-order valence-corrected chi connectivity index (χ3v) is 7.58. The molecule has 7 heteroatoms. The van der Waals surface area contributed by atoms with E-state index in [2.05, 4.69) is 36.1 Å². The van der Waals surface area contributed by atoms with E-state index in [1.165, 1.54) is 34.6 Å². The van der Waals surface area contributed by atoms with Gasteiger partial charge in [0.15, 0.2) is 0 Å². The average molecular weight is 497 g/mol. The lowest BCUT2D eigenvalue weighted by molar-refractivity contribution is -0.136. The number of hydrogen-bond donors (Lipinski definition) is 0. The van der Waals surface area contributed by atoms with Gasteiger partial charge in [0.05, 0.1) is 7.11 Å². The first-order valence-corrected chi connectivity index (χ1v) is 12.7. The summed E-state index contributed by atoms with van der Waals surface area (Å²) in [6.07, 6.45) is 0. The van der Waals surface area contributed by atoms with E-state index < -0.39 is 0 Å². The Kier molecular flexibility index (Phi) is 8.55. The Morgan fingerprint density at radius 2 is 1.80 bits per heavy atom. The van der Waals surface area contributed by atoms with E-state index in [1.54, 1.807) is 19.2 Å². The maximum absolute atomic E-state index is 13.4. The molecular weight excluding hydrogens is 463 g/mol. The van der Waals surface area contributed by atoms with Crippen LogP contribution in [0.4, 0.5) is 4.39 Å². The average Bonchev–Trinajstić information content (AvgIpc) is 3.45. The van der Waals surface area contributed by atoms with Gasteiger partial charge in [-0.15, -0.1) is 11.3 Å². The summed E-state index contributed by atoms with van der Waals surface area (Å²) in [4.78, 5) is 20.0. The summed E-state index contributed by atoms with van der Waals surface area (Å²) in [6.45, 7) is 5.93. The molecule has 0 spiro atoms. The highest BCUT2D eigenvalue weighted by Crippen LogP contribution is 2.36. The molecule has 1 fully saturated rings. The number of aryl methyl sites for hydroxylation is 1. The molecule has 1 aliphatic rings. The molecule has 2 atom stereocenters. The molecule has 2 aromatic carbocycles. The Morgan fingerprint density at radius 3 is 2.43 bits per heavy atom. The predicted molar refractivity (Wildman–Crippen MR) is 137 cm³/mol. The van der Waals surface area contributed by atoms with Crippen LogP contribution in [0.3, 0.4) is 0 Å². The highest BCUT2D eigenvalue weighted by atomic mass is 32.1. The normalized spacial score (nSPS) is 18.1. The smallest absolute Gasteiger partial charge is 0.248 e. The standard InChI is InChI=1S/C28H33FN2O3S/c1-20-4-13-26(35-20)17-30-15-23(27(18-30)22-7-11-25(34-3)12-8-22)16-31(28(32)19-33-2)14-21-5-9-24(29)10-6-21/h4-13,23,27H,14-19H2,1-3H3. The topological polar surface area (TPSA) is 42.0 Å². The molecule has 0 aliphatic carbocycles. The van der Waals surface area contributed by atoms with Crippen LogP contribution in [0.5, 0.6) is 5.75 Å². The second kappa shape index (κ2) is 11.8. The van der Waals surface area contributed by atoms with Crippen LogP contribution in [0.1, 0.15) is 26.8 Å². The van der Waals surface area contributed by atoms with Crippen LogP contribution in [-0.4, -0.2) is 56.2 Å². The van der Waals surface area contributed by atoms with Crippen LogP contribution >= 0.6 is 11.3 Å². The summed E-state index contributed by atoms with van der Waals surface area (Å²) in [6, 6.07) is 19.0. The first-order chi connectivity index (χ1) is 16.9. The number of carbonyl (C=O) groups excluding carboxylic acids is 1. The van der Waals surface area contributed by atoms with E-state index in [-0.39, 0.29) is 30.2 Å². The van der Waals surface area contributed by atoms with Crippen LogP contribution in [0, 0.1) is 18.7 Å². The maximum atomic E-state index is 13.4. The van der Waals surface area contributed by atoms with Crippen molar-refractivity contribution < 1.29 is 18.7 Å². The van der Waals surface area contributed by atoms with E-state index in [9.17, 15) is 9.18 Å². The number of amides is 1. The minimum atomic E-state index is -0.279. The number of halogens is 1. The molecule has 2 heterocycles. The maximum Gasteiger partial charge on any atom is 0.248 e. The second-order valence-electron chi connectivity index (χ2n) is 9.18. The number of likely N-dealkylation sites (tertiary alicyclic amines) is 1. The van der Waals surface area contributed by atoms with Crippen LogP contribution in [0.25, 0.3) is 0 Å². The number of ether oxygens (including phenoxy) is 2. The van der Waals surface area contributed by atoms with Gasteiger partial charge in [0, 0.05) is 55.5 Å². The van der Waals surface area contributed by atoms with E-state index in [0.29, 0.717) is 13.1 Å². The van der Waals surface area contributed by atoms with E-state index >= 15 is 0 Å². The molecule has 0 bridgehead atoms. The van der Waals surface area contributed by atoms with Crippen molar-refractivity contribution in [2.45, 2.75) is 25.9 Å². The third-order valence-electron chi connectivity index (χ3n) is 6.60. The lowest BCUT2D eigenvalue weighted by Crippen LogP contribution is -2.39. The number of nitrogens with zero attached hydrogens (tertiary/aromatic N) is 2. The van der Waals surface area contributed by atoms with Crippen molar-refractivity contribution in [2.24, 2.45) is 5.92 Å². The largest absolute Gasteiger partial charge is 0.497 e. The van der Waals surface area contributed by atoms with Gasteiger partial charge in [-0.05, 0) is 60.4 Å². The SMILES string of the molecule is COCC(=O)N(Cc1ccc(F)cc1)CC1CN(Cc2ccc(C)s2)CC1c1ccc(OC)cc1. The van der Waals surface area contributed by atoms with Crippen LogP contribution in [0.15, 0.2) is 60.7 Å². The molecule has 186 valence electrons. The molecular formula is C28H33FN2O3S. The molecule has 2 unspecified atom stereocenters. The van der Waals surface area contributed by atoms with Crippen molar-refractivity contribution in [3.8, 4) is 5.75 Å². The monoisotopic (exact) mass is 496 g/mol. The lowest BCUT2D eigenvalue weighted by atomic mass is 9.88. The minimum Gasteiger partial charge on any atom is -0.497 e. The molecule has 5 nitrogen and oxygen atoms in total. The summed E-state index contributed by atoms with van der Waals surface area (Å²) in [5.74, 6) is 1.04. The van der Waals surface area contributed by atoms with Crippen LogP contribution < -0.4 is 4.74 Å². The van der Waals surface area contributed by atoms with Crippen molar-refractivity contribution in [1.29, 1.82) is 0 Å². The Morgan fingerprint density at radius 1 is 1.06 bits per heavy atom. The predicted octanol–water partition coefficient (Wildman–Crippen LogP) is 5.10. The zero-order chi connectivity index (χ0) is 24.8. The number of benzene rings is 2. The molecule has 0 radical (unpaired) electrons. The van der Waals surface area contributed by atoms with Crippen molar-refractivity contribution in [3.05, 3.63) is 87.4 Å². The zero-order valence-electron chi connectivity index (χ0n) is 20.6. The highest BCUT2D eigenvalue weighted by Gasteiger charge is 2.36. The number of rotatable bonds is 10. The molecule has 4 rings (SSSR count). The first kappa shape index (κ1) is 25.4. The zero-order valence-corrected chi connectivity index (χ0v) is 21.4. The van der Waals surface area contributed by atoms with E-state index in [1.807, 2.05) is 28.4 Å². The quantitative estimate of drug-likeness (QED) is 0.392. The molecule has 1 aromatic heterocycles. The van der Waals surface area contributed by atoms with E-state index in [0.717, 1.165) is 30.9 Å². The molecule has 0 N–H and O–H groups in total. The second-order valence-corrected chi connectivity index (χ2v) is 10.6. The van der Waals surface area contributed by atoms with Gasteiger partial charge in [0.2, 0.25) is 5.91 Å². The van der Waals surface area contributed by atoms with Crippen LogP contribution in [-0.2, 0) is 22.6 Å². The molecule has 0 saturated carbocycles. The molecule has 1 aliphatic heterocycles. The number of carbonyl (C=O) groups is 1. The van der Waals surface area contributed by atoms with Gasteiger partial charge in [-0.2, -0.15) is 0 Å². The molecule has 35 heavy (non-hydrogen) atoms. The van der Waals surface area contributed by atoms with Gasteiger partial charge >= 0.3 is 0 Å². The Bertz CT molecular complexity index is 1100. The Labute approximate surface area is 211 Å². The van der Waals surface area contributed by atoms with Gasteiger partial charge in [-0.25, -0.2) is 4.39 Å².